The molecule has 0 aliphatic carbocycles. The summed E-state index contributed by atoms with van der Waals surface area (Å²) < 4.78 is 2.42. The number of nitrogens with two attached hydrogens (primary N) is 4. The quantitative estimate of drug-likeness (QED) is 0.107. The van der Waals surface area contributed by atoms with Crippen LogP contribution in [0, 0.1) is 5.92 Å². The number of fused-ring (bicyclic) bond motifs is 1. The number of phenolic OH excluding ortho intramolecular Hbond substituents is 1. The average Bonchev–Trinajstić information content (AvgIpc) is 3.65. The van der Waals surface area contributed by atoms with Crippen molar-refractivity contribution in [2.45, 2.75) is 56.9 Å². The van der Waals surface area contributed by atoms with Gasteiger partial charge in [0.25, 0.3) is 5.91 Å². The molecule has 1 aromatic heterocycles. The van der Waals surface area contributed by atoms with Gasteiger partial charge in [0.15, 0.2) is 0 Å². The number of amides is 2. The van der Waals surface area contributed by atoms with E-state index in [0.717, 1.165) is 95.6 Å². The van der Waals surface area contributed by atoms with E-state index < -0.39 is 0 Å². The van der Waals surface area contributed by atoms with Crippen molar-refractivity contribution in [1.29, 1.82) is 0 Å². The Hall–Kier alpha value is -5.62. The number of piperidine rings is 3. The van der Waals surface area contributed by atoms with Gasteiger partial charge in [-0.1, -0.05) is 30.3 Å². The van der Waals surface area contributed by atoms with Crippen molar-refractivity contribution < 1.29 is 14.7 Å². The number of nitrogens with zero attached hydrogens (tertiary/aromatic N) is 4. The zero-order valence-electron chi connectivity index (χ0n) is 32.3. The van der Waals surface area contributed by atoms with Crippen molar-refractivity contribution in [2.75, 3.05) is 57.7 Å². The molecule has 1 atom stereocenters. The number of likely N-dealkylation sites (tertiary alicyclic amines) is 3. The molecule has 1 unspecified atom stereocenters. The molecule has 4 heterocycles. The van der Waals surface area contributed by atoms with E-state index in [4.69, 9.17) is 22.9 Å². The molecule has 4 aromatic rings. The maximum Gasteiger partial charge on any atom is 0.253 e. The maximum absolute atomic E-state index is 13.6. The number of aromatic hydroxyl groups is 1. The molecule has 0 spiro atoms. The van der Waals surface area contributed by atoms with Crippen LogP contribution in [0.15, 0.2) is 96.6 Å². The van der Waals surface area contributed by atoms with Crippen molar-refractivity contribution in [1.82, 2.24) is 19.3 Å². The fraction of sp³-hybridized carbons (Fsp3) is 0.409. The van der Waals surface area contributed by atoms with Gasteiger partial charge < -0.3 is 52.6 Å². The van der Waals surface area contributed by atoms with Gasteiger partial charge in [-0.05, 0) is 98.5 Å². The van der Waals surface area contributed by atoms with Gasteiger partial charge in [-0.3, -0.25) is 9.59 Å². The molecule has 12 nitrogen and oxygen atoms in total. The number of nitrogens with one attached hydrogen (secondary N) is 1. The topological polar surface area (TPSA) is 185 Å². The molecular formula is C44H57N9O3. The summed E-state index contributed by atoms with van der Waals surface area (Å²) in [6.45, 7) is 6.87. The van der Waals surface area contributed by atoms with Gasteiger partial charge in [-0.15, -0.1) is 0 Å². The lowest BCUT2D eigenvalue weighted by molar-refractivity contribution is -0.117. The summed E-state index contributed by atoms with van der Waals surface area (Å²) >= 11 is 0. The first kappa shape index (κ1) is 38.6. The average molecular weight is 760 g/mol. The highest BCUT2D eigenvalue weighted by atomic mass is 16.3. The summed E-state index contributed by atoms with van der Waals surface area (Å²) in [6.07, 6.45) is 10.5. The molecule has 3 aliphatic rings. The first-order valence-corrected chi connectivity index (χ1v) is 20.1. The zero-order valence-corrected chi connectivity index (χ0v) is 32.3. The fourth-order valence-corrected chi connectivity index (χ4v) is 8.89. The summed E-state index contributed by atoms with van der Waals surface area (Å²) in [4.78, 5) is 31.6. The zero-order chi connectivity index (χ0) is 39.2. The number of benzene rings is 3. The first-order valence-electron chi connectivity index (χ1n) is 20.1. The summed E-state index contributed by atoms with van der Waals surface area (Å²) in [5, 5.41) is 14.8. The highest BCUT2D eigenvalue weighted by Crippen LogP contribution is 2.34. The molecule has 0 radical (unpaired) electrons. The molecule has 10 N–H and O–H groups in total. The predicted octanol–water partition coefficient (Wildman–Crippen LogP) is 5.09. The van der Waals surface area contributed by atoms with Crippen molar-refractivity contribution in [2.24, 2.45) is 28.9 Å². The molecular weight excluding hydrogens is 703 g/mol. The largest absolute Gasteiger partial charge is 0.507 e. The van der Waals surface area contributed by atoms with Crippen LogP contribution in [-0.2, 0) is 4.79 Å². The highest BCUT2D eigenvalue weighted by molar-refractivity contribution is 5.94. The van der Waals surface area contributed by atoms with Crippen LogP contribution in [0.2, 0.25) is 0 Å². The standard InChI is InChI=1S/C44H57N9O3/c45-37(35-6-1-2-9-41(35)54)27-40(43(47)48)52-21-4-5-33(29-52)31-10-12-32(13-11-31)44(56)51-24-15-30(16-25-51)28-50-22-17-34(18-23-50)53-26-19-36-38(7-3-8-39(36)53)49-20-14-42(46)55/h1-3,6-13,19,26-27,30,33-34,49,54H,4-5,14-18,20-25,28-29,45,47-48H2,(H2,46,55)/b37-27-. The van der Waals surface area contributed by atoms with Crippen molar-refractivity contribution in [3.63, 3.8) is 0 Å². The Labute approximate surface area is 329 Å². The van der Waals surface area contributed by atoms with E-state index in [1.807, 2.05) is 23.1 Å². The number of hydrogen-bond donors (Lipinski definition) is 6. The minimum atomic E-state index is -0.300. The second-order valence-corrected chi connectivity index (χ2v) is 15.7. The van der Waals surface area contributed by atoms with Crippen LogP contribution in [-0.4, -0.2) is 88.5 Å². The minimum Gasteiger partial charge on any atom is -0.507 e. The molecule has 3 fully saturated rings. The molecule has 56 heavy (non-hydrogen) atoms. The number of hydrogen-bond acceptors (Lipinski definition) is 9. The molecule has 2 amide bonds. The third-order valence-electron chi connectivity index (χ3n) is 12.0. The van der Waals surface area contributed by atoms with Gasteiger partial charge in [0.1, 0.15) is 11.6 Å². The van der Waals surface area contributed by atoms with Crippen LogP contribution >= 0.6 is 0 Å². The number of anilines is 1. The molecule has 0 saturated carbocycles. The number of carbonyl (C=O) groups excluding carboxylic acids is 2. The number of allylic oxidation sites excluding steroid dienone is 1. The lowest BCUT2D eigenvalue weighted by Gasteiger charge is -2.38. The number of para-hydroxylation sites is 1. The van der Waals surface area contributed by atoms with Crippen LogP contribution in [0.4, 0.5) is 5.69 Å². The van der Waals surface area contributed by atoms with Gasteiger partial charge in [0, 0.05) is 105 Å². The Bertz CT molecular complexity index is 2050. The van der Waals surface area contributed by atoms with Gasteiger partial charge in [-0.25, -0.2) is 0 Å². The number of primary amides is 1. The monoisotopic (exact) mass is 759 g/mol. The number of rotatable bonds is 12. The lowest BCUT2D eigenvalue weighted by Crippen LogP contribution is -2.43. The Morgan fingerprint density at radius 3 is 2.27 bits per heavy atom. The Morgan fingerprint density at radius 1 is 0.804 bits per heavy atom. The third-order valence-corrected chi connectivity index (χ3v) is 12.0. The molecule has 7 rings (SSSR count). The van der Waals surface area contributed by atoms with E-state index in [0.29, 0.717) is 41.9 Å². The summed E-state index contributed by atoms with van der Waals surface area (Å²) in [7, 11) is 0. The molecule has 3 aliphatic heterocycles. The summed E-state index contributed by atoms with van der Waals surface area (Å²) in [5.74, 6) is 0.943. The van der Waals surface area contributed by atoms with Crippen LogP contribution in [0.5, 0.6) is 5.75 Å². The number of phenols is 1. The smallest absolute Gasteiger partial charge is 0.253 e. The molecule has 12 heteroatoms. The SMILES string of the molecule is NC(=O)CCNc1cccc2c1ccn2C1CCN(CC2CCN(C(=O)c3ccc(C4CCCN(C(/C=C(\N)c5ccccc5O)=C(N)N)C4)cc3)CC2)CC1. The molecule has 296 valence electrons. The van der Waals surface area contributed by atoms with Crippen LogP contribution in [0.25, 0.3) is 16.6 Å². The second kappa shape index (κ2) is 17.5. The molecule has 3 aromatic carbocycles. The van der Waals surface area contributed by atoms with Gasteiger partial charge >= 0.3 is 0 Å². The highest BCUT2D eigenvalue weighted by Gasteiger charge is 2.29. The maximum atomic E-state index is 13.6. The van der Waals surface area contributed by atoms with E-state index >= 15 is 0 Å². The van der Waals surface area contributed by atoms with Crippen LogP contribution in [0.3, 0.4) is 0 Å². The van der Waals surface area contributed by atoms with Gasteiger partial charge in [-0.2, -0.15) is 0 Å². The van der Waals surface area contributed by atoms with E-state index in [1.54, 1.807) is 24.3 Å². The summed E-state index contributed by atoms with van der Waals surface area (Å²) in [5.41, 5.74) is 29.8. The Morgan fingerprint density at radius 2 is 1.55 bits per heavy atom. The number of aromatic nitrogens is 1. The minimum absolute atomic E-state index is 0.103. The van der Waals surface area contributed by atoms with E-state index in [-0.39, 0.29) is 29.3 Å². The van der Waals surface area contributed by atoms with Crippen LogP contribution < -0.4 is 28.3 Å². The Kier molecular flexibility index (Phi) is 12.0. The third kappa shape index (κ3) is 8.91. The molecule has 3 saturated heterocycles. The van der Waals surface area contributed by atoms with Crippen molar-refractivity contribution in [3.8, 4) is 5.75 Å². The first-order chi connectivity index (χ1) is 27.1. The van der Waals surface area contributed by atoms with Crippen LogP contribution in [0.1, 0.15) is 78.4 Å². The second-order valence-electron chi connectivity index (χ2n) is 15.7. The van der Waals surface area contributed by atoms with Gasteiger partial charge in [0.2, 0.25) is 5.91 Å². The van der Waals surface area contributed by atoms with Crippen molar-refractivity contribution in [3.05, 3.63) is 113 Å². The van der Waals surface area contributed by atoms with E-state index in [1.165, 1.54) is 16.5 Å². The summed E-state index contributed by atoms with van der Waals surface area (Å²) in [6, 6.07) is 24.0. The van der Waals surface area contributed by atoms with Crippen molar-refractivity contribution >= 4 is 34.1 Å². The molecule has 0 bridgehead atoms. The Balaban J connectivity index is 0.877. The van der Waals surface area contributed by atoms with E-state index in [2.05, 4.69) is 62.3 Å². The number of carbonyl (C=O) groups is 2. The van der Waals surface area contributed by atoms with Gasteiger partial charge in [0.05, 0.1) is 11.2 Å². The lowest BCUT2D eigenvalue weighted by atomic mass is 9.89. The fourth-order valence-electron chi connectivity index (χ4n) is 8.89. The normalized spacial score (nSPS) is 18.9. The predicted molar refractivity (Wildman–Crippen MR) is 223 cm³/mol. The van der Waals surface area contributed by atoms with E-state index in [9.17, 15) is 14.7 Å².